The molecule has 0 aromatic carbocycles. The van der Waals surface area contributed by atoms with Gasteiger partial charge in [0.1, 0.15) is 0 Å². The van der Waals surface area contributed by atoms with Gasteiger partial charge in [-0.25, -0.2) is 4.99 Å². The topological polar surface area (TPSA) is 67.9 Å². The maximum atomic E-state index is 12.2. The monoisotopic (exact) mass is 253 g/mol. The van der Waals surface area contributed by atoms with Gasteiger partial charge in [0.2, 0.25) is 5.91 Å². The van der Waals surface area contributed by atoms with Gasteiger partial charge in [0.25, 0.3) is 0 Å². The van der Waals surface area contributed by atoms with Gasteiger partial charge < -0.3 is 10.5 Å². The lowest BCUT2D eigenvalue weighted by atomic mass is 10.0. The van der Waals surface area contributed by atoms with E-state index in [1.165, 1.54) is 12.8 Å². The number of nitrogens with two attached hydrogens (primary N) is 1. The van der Waals surface area contributed by atoms with Gasteiger partial charge in [0, 0.05) is 26.2 Å². The molecular weight excluding hydrogens is 230 g/mol. The summed E-state index contributed by atoms with van der Waals surface area (Å²) >= 11 is 0. The van der Waals surface area contributed by atoms with E-state index in [1.54, 1.807) is 12.0 Å². The summed E-state index contributed by atoms with van der Waals surface area (Å²) in [6.45, 7) is 2.70. The smallest absolute Gasteiger partial charge is 0.231 e. The summed E-state index contributed by atoms with van der Waals surface area (Å²) in [5.41, 5.74) is 5.99. The molecule has 0 aromatic heterocycles. The Bertz CT molecular complexity index is 339. The predicted octanol–water partition coefficient (Wildman–Crippen LogP) is 1.13. The minimum Gasteiger partial charge on any atom is -0.385 e. The molecule has 0 aromatic rings. The summed E-state index contributed by atoms with van der Waals surface area (Å²) in [5, 5.41) is 0. The maximum absolute atomic E-state index is 12.2. The highest BCUT2D eigenvalue weighted by molar-refractivity contribution is 5.98. The zero-order valence-electron chi connectivity index (χ0n) is 11.3. The first-order valence-electron chi connectivity index (χ1n) is 6.81. The molecule has 1 aliphatic carbocycles. The van der Waals surface area contributed by atoms with Crippen molar-refractivity contribution in [2.75, 3.05) is 13.7 Å². The van der Waals surface area contributed by atoms with Crippen molar-refractivity contribution in [3.8, 4) is 0 Å². The third kappa shape index (κ3) is 2.83. The second-order valence-electron chi connectivity index (χ2n) is 5.20. The van der Waals surface area contributed by atoms with Crippen LogP contribution in [0.2, 0.25) is 0 Å². The first-order valence-corrected chi connectivity index (χ1v) is 6.81. The number of methoxy groups -OCH3 is 1. The fourth-order valence-electron chi connectivity index (χ4n) is 2.61. The normalized spacial score (nSPS) is 26.1. The van der Waals surface area contributed by atoms with Crippen molar-refractivity contribution in [3.63, 3.8) is 0 Å². The molecule has 0 spiro atoms. The number of rotatable bonds is 6. The number of guanidine groups is 1. The molecule has 0 unspecified atom stereocenters. The average Bonchev–Trinajstić information content (AvgIpc) is 3.16. The van der Waals surface area contributed by atoms with Crippen LogP contribution in [0.1, 0.15) is 39.0 Å². The Hall–Kier alpha value is -1.10. The molecule has 0 saturated heterocycles. The van der Waals surface area contributed by atoms with Gasteiger partial charge >= 0.3 is 0 Å². The van der Waals surface area contributed by atoms with Crippen LogP contribution in [0.25, 0.3) is 0 Å². The molecule has 1 fully saturated rings. The van der Waals surface area contributed by atoms with E-state index in [2.05, 4.69) is 4.99 Å². The lowest BCUT2D eigenvalue weighted by Crippen LogP contribution is -2.53. The van der Waals surface area contributed by atoms with E-state index in [0.29, 0.717) is 24.9 Å². The van der Waals surface area contributed by atoms with Crippen molar-refractivity contribution in [1.82, 2.24) is 4.90 Å². The Kier molecular flexibility index (Phi) is 4.22. The van der Waals surface area contributed by atoms with Crippen molar-refractivity contribution in [3.05, 3.63) is 0 Å². The Morgan fingerprint density at radius 1 is 1.56 bits per heavy atom. The van der Waals surface area contributed by atoms with Crippen LogP contribution in [-0.4, -0.2) is 42.6 Å². The molecule has 102 valence electrons. The highest BCUT2D eigenvalue weighted by atomic mass is 16.5. The molecule has 0 bridgehead atoms. The fourth-order valence-corrected chi connectivity index (χ4v) is 2.61. The lowest BCUT2D eigenvalue weighted by Gasteiger charge is -2.35. The van der Waals surface area contributed by atoms with Crippen molar-refractivity contribution < 1.29 is 9.53 Å². The van der Waals surface area contributed by atoms with Crippen LogP contribution in [0.4, 0.5) is 0 Å². The van der Waals surface area contributed by atoms with Gasteiger partial charge in [-0.3, -0.25) is 9.69 Å². The van der Waals surface area contributed by atoms with Crippen LogP contribution in [0, 0.1) is 5.92 Å². The number of amides is 1. The molecule has 1 aliphatic heterocycles. The predicted molar refractivity (Wildman–Crippen MR) is 70.2 cm³/mol. The van der Waals surface area contributed by atoms with Gasteiger partial charge in [-0.05, 0) is 31.6 Å². The second kappa shape index (κ2) is 5.69. The van der Waals surface area contributed by atoms with Crippen LogP contribution in [0.3, 0.4) is 0 Å². The van der Waals surface area contributed by atoms with E-state index in [0.717, 1.165) is 12.8 Å². The van der Waals surface area contributed by atoms with Crippen molar-refractivity contribution in [2.45, 2.75) is 51.1 Å². The number of hydrogen-bond acceptors (Lipinski definition) is 4. The minimum atomic E-state index is 0.0658. The van der Waals surface area contributed by atoms with Crippen molar-refractivity contribution in [2.24, 2.45) is 16.6 Å². The fraction of sp³-hybridized carbons (Fsp3) is 0.846. The summed E-state index contributed by atoms with van der Waals surface area (Å²) in [5.74, 6) is 1.12. The van der Waals surface area contributed by atoms with Gasteiger partial charge in [0.05, 0.1) is 6.04 Å². The van der Waals surface area contributed by atoms with Crippen LogP contribution in [0.15, 0.2) is 4.99 Å². The summed E-state index contributed by atoms with van der Waals surface area (Å²) in [6, 6.07) is 0.245. The van der Waals surface area contributed by atoms with Gasteiger partial charge in [-0.2, -0.15) is 0 Å². The number of nitrogens with zero attached hydrogens (tertiary/aromatic N) is 2. The third-order valence-corrected chi connectivity index (χ3v) is 3.83. The summed E-state index contributed by atoms with van der Waals surface area (Å²) in [6.07, 6.45) is 4.57. The molecule has 1 saturated carbocycles. The zero-order chi connectivity index (χ0) is 13.1. The van der Waals surface area contributed by atoms with E-state index in [1.807, 2.05) is 6.92 Å². The van der Waals surface area contributed by atoms with Crippen LogP contribution < -0.4 is 5.73 Å². The van der Waals surface area contributed by atoms with Gasteiger partial charge in [-0.1, -0.05) is 6.92 Å². The number of carbonyl (C=O) groups excluding carboxylic acids is 1. The number of hydrogen-bond donors (Lipinski definition) is 1. The van der Waals surface area contributed by atoms with E-state index in [4.69, 9.17) is 10.5 Å². The Morgan fingerprint density at radius 3 is 2.78 bits per heavy atom. The number of carbonyl (C=O) groups is 1. The minimum absolute atomic E-state index is 0.0658. The van der Waals surface area contributed by atoms with Crippen molar-refractivity contribution >= 4 is 11.9 Å². The Morgan fingerprint density at radius 2 is 2.28 bits per heavy atom. The maximum Gasteiger partial charge on any atom is 0.231 e. The van der Waals surface area contributed by atoms with E-state index < -0.39 is 0 Å². The molecule has 1 amide bonds. The quantitative estimate of drug-likeness (QED) is 0.771. The van der Waals surface area contributed by atoms with Gasteiger partial charge in [0.15, 0.2) is 5.96 Å². The molecular formula is C13H23N3O2. The Labute approximate surface area is 108 Å². The van der Waals surface area contributed by atoms with E-state index >= 15 is 0 Å². The molecule has 5 heteroatoms. The molecule has 5 nitrogen and oxygen atoms in total. The third-order valence-electron chi connectivity index (χ3n) is 3.83. The average molecular weight is 253 g/mol. The molecule has 0 radical (unpaired) electrons. The zero-order valence-corrected chi connectivity index (χ0v) is 11.3. The Balaban J connectivity index is 2.10. The summed E-state index contributed by atoms with van der Waals surface area (Å²) < 4.78 is 5.14. The van der Waals surface area contributed by atoms with Crippen LogP contribution in [0.5, 0.6) is 0 Å². The summed E-state index contributed by atoms with van der Waals surface area (Å²) in [4.78, 5) is 18.4. The summed E-state index contributed by atoms with van der Waals surface area (Å²) in [7, 11) is 1.69. The second-order valence-corrected chi connectivity index (χ2v) is 5.20. The molecule has 2 rings (SSSR count). The molecule has 2 atom stereocenters. The lowest BCUT2D eigenvalue weighted by molar-refractivity contribution is -0.130. The molecule has 1 heterocycles. The first-order chi connectivity index (χ1) is 8.67. The largest absolute Gasteiger partial charge is 0.385 e. The van der Waals surface area contributed by atoms with E-state index in [-0.39, 0.29) is 18.0 Å². The molecule has 2 N–H and O–H groups in total. The molecule has 2 aliphatic rings. The molecule has 18 heavy (non-hydrogen) atoms. The van der Waals surface area contributed by atoms with Crippen LogP contribution >= 0.6 is 0 Å². The number of ether oxygens (including phenoxy) is 1. The SMILES string of the molecule is CC[C@@H]1CC(=O)N([C@@H](CCOC)C2CC2)C(N)=N1. The first kappa shape index (κ1) is 13.3. The standard InChI is InChI=1S/C13H23N3O2/c1-3-10-8-12(17)16(13(14)15-10)11(6-7-18-2)9-4-5-9/h9-11H,3-8H2,1-2H3,(H2,14,15)/t10-,11+/m1/s1. The van der Waals surface area contributed by atoms with Gasteiger partial charge in [-0.15, -0.1) is 0 Å². The van der Waals surface area contributed by atoms with Crippen LogP contribution in [-0.2, 0) is 9.53 Å². The highest BCUT2D eigenvalue weighted by Gasteiger charge is 2.40. The highest BCUT2D eigenvalue weighted by Crippen LogP contribution is 2.38. The number of aliphatic imine (C=N–C) groups is 1. The van der Waals surface area contributed by atoms with Crippen molar-refractivity contribution in [1.29, 1.82) is 0 Å². The van der Waals surface area contributed by atoms with E-state index in [9.17, 15) is 4.79 Å².